The monoisotopic (exact) mass is 124 g/mol. The van der Waals surface area contributed by atoms with Crippen LogP contribution in [-0.2, 0) is 0 Å². The molecule has 0 aromatic carbocycles. The topological polar surface area (TPSA) is 0 Å². The zero-order chi connectivity index (χ0) is 7.28. The van der Waals surface area contributed by atoms with Gasteiger partial charge in [-0.25, -0.2) is 0 Å². The van der Waals surface area contributed by atoms with E-state index in [0.29, 0.717) is 0 Å². The Kier molecular flexibility index (Phi) is 4.12. The van der Waals surface area contributed by atoms with Crippen LogP contribution in [0.15, 0.2) is 23.8 Å². The van der Waals surface area contributed by atoms with Crippen LogP contribution in [-0.4, -0.2) is 0 Å². The molecular formula is C9H16. The Morgan fingerprint density at radius 3 is 2.11 bits per heavy atom. The predicted octanol–water partition coefficient (Wildman–Crippen LogP) is 3.31. The summed E-state index contributed by atoms with van der Waals surface area (Å²) < 4.78 is 0. The van der Waals surface area contributed by atoms with Crippen molar-refractivity contribution in [2.75, 3.05) is 0 Å². The first-order valence-electron chi connectivity index (χ1n) is 3.57. The third-order valence-corrected chi connectivity index (χ3v) is 1.38. The molecule has 0 amide bonds. The van der Waals surface area contributed by atoms with Gasteiger partial charge in [0.15, 0.2) is 0 Å². The SMILES string of the molecule is C=C(C)/C(=C/CC)CC. The summed E-state index contributed by atoms with van der Waals surface area (Å²) in [6.45, 7) is 10.3. The van der Waals surface area contributed by atoms with Crippen molar-refractivity contribution in [1.82, 2.24) is 0 Å². The summed E-state index contributed by atoms with van der Waals surface area (Å²) in [5.41, 5.74) is 2.61. The molecule has 0 aliphatic heterocycles. The van der Waals surface area contributed by atoms with Crippen LogP contribution in [0.25, 0.3) is 0 Å². The minimum atomic E-state index is 1.11. The summed E-state index contributed by atoms with van der Waals surface area (Å²) in [4.78, 5) is 0. The first-order valence-corrected chi connectivity index (χ1v) is 3.57. The highest BCUT2D eigenvalue weighted by Gasteiger charge is 1.90. The van der Waals surface area contributed by atoms with E-state index in [2.05, 4.69) is 33.4 Å². The van der Waals surface area contributed by atoms with Gasteiger partial charge in [-0.3, -0.25) is 0 Å². The van der Waals surface area contributed by atoms with Crippen LogP contribution in [0.2, 0.25) is 0 Å². The van der Waals surface area contributed by atoms with E-state index in [9.17, 15) is 0 Å². The predicted molar refractivity (Wildman–Crippen MR) is 43.5 cm³/mol. The molecule has 0 aromatic heterocycles. The maximum absolute atomic E-state index is 3.88. The van der Waals surface area contributed by atoms with Crippen molar-refractivity contribution < 1.29 is 0 Å². The van der Waals surface area contributed by atoms with Crippen molar-refractivity contribution >= 4 is 0 Å². The Bertz CT molecular complexity index is 118. The van der Waals surface area contributed by atoms with Gasteiger partial charge in [0, 0.05) is 0 Å². The van der Waals surface area contributed by atoms with Gasteiger partial charge in [-0.05, 0) is 25.3 Å². The van der Waals surface area contributed by atoms with Gasteiger partial charge in [0.2, 0.25) is 0 Å². The molecule has 0 radical (unpaired) electrons. The smallest absolute Gasteiger partial charge is 0.0308 e. The average Bonchev–Trinajstić information content (AvgIpc) is 1.82. The molecule has 9 heavy (non-hydrogen) atoms. The van der Waals surface area contributed by atoms with Gasteiger partial charge < -0.3 is 0 Å². The Hall–Kier alpha value is -0.520. The first kappa shape index (κ1) is 8.48. The standard InChI is InChI=1S/C9H16/c1-5-7-9(6-2)8(3)4/h7H,3,5-6H2,1-2,4H3/b9-7+. The lowest BCUT2D eigenvalue weighted by Crippen LogP contribution is -1.79. The zero-order valence-corrected chi connectivity index (χ0v) is 6.70. The zero-order valence-electron chi connectivity index (χ0n) is 6.70. The number of rotatable bonds is 3. The molecule has 0 aromatic rings. The first-order chi connectivity index (χ1) is 4.22. The van der Waals surface area contributed by atoms with E-state index >= 15 is 0 Å². The maximum Gasteiger partial charge on any atom is -0.0308 e. The highest BCUT2D eigenvalue weighted by Crippen LogP contribution is 2.10. The van der Waals surface area contributed by atoms with Crippen molar-refractivity contribution in [3.63, 3.8) is 0 Å². The number of hydrogen-bond acceptors (Lipinski definition) is 0. The largest absolute Gasteiger partial charge is 0.0958 e. The van der Waals surface area contributed by atoms with E-state index in [-0.39, 0.29) is 0 Å². The molecule has 0 saturated carbocycles. The summed E-state index contributed by atoms with van der Waals surface area (Å²) >= 11 is 0. The third kappa shape index (κ3) is 3.12. The van der Waals surface area contributed by atoms with Crippen LogP contribution in [0.5, 0.6) is 0 Å². The number of hydrogen-bond donors (Lipinski definition) is 0. The lowest BCUT2D eigenvalue weighted by Gasteiger charge is -2.00. The Morgan fingerprint density at radius 1 is 1.44 bits per heavy atom. The fraction of sp³-hybridized carbons (Fsp3) is 0.556. The molecule has 0 aliphatic carbocycles. The van der Waals surface area contributed by atoms with Crippen LogP contribution in [0.4, 0.5) is 0 Å². The van der Waals surface area contributed by atoms with Gasteiger partial charge in [-0.15, -0.1) is 0 Å². The van der Waals surface area contributed by atoms with E-state index in [4.69, 9.17) is 0 Å². The second-order valence-electron chi connectivity index (χ2n) is 2.27. The molecule has 0 N–H and O–H groups in total. The highest BCUT2D eigenvalue weighted by atomic mass is 14.0. The molecule has 0 unspecified atom stereocenters. The van der Waals surface area contributed by atoms with Gasteiger partial charge >= 0.3 is 0 Å². The van der Waals surface area contributed by atoms with E-state index in [1.165, 1.54) is 11.1 Å². The Balaban J connectivity index is 3.98. The number of allylic oxidation sites excluding steroid dienone is 3. The Labute approximate surface area is 58.3 Å². The van der Waals surface area contributed by atoms with Crippen LogP contribution in [0, 0.1) is 0 Å². The third-order valence-electron chi connectivity index (χ3n) is 1.38. The van der Waals surface area contributed by atoms with E-state index in [1.807, 2.05) is 0 Å². The van der Waals surface area contributed by atoms with E-state index in [0.717, 1.165) is 12.8 Å². The quantitative estimate of drug-likeness (QED) is 0.506. The van der Waals surface area contributed by atoms with Crippen molar-refractivity contribution in [2.45, 2.75) is 33.6 Å². The lowest BCUT2D eigenvalue weighted by atomic mass is 10.1. The summed E-state index contributed by atoms with van der Waals surface area (Å²) in [5, 5.41) is 0. The van der Waals surface area contributed by atoms with E-state index in [1.54, 1.807) is 0 Å². The van der Waals surface area contributed by atoms with Crippen molar-refractivity contribution in [3.8, 4) is 0 Å². The molecule has 0 rings (SSSR count). The molecule has 0 atom stereocenters. The lowest BCUT2D eigenvalue weighted by molar-refractivity contribution is 1.07. The van der Waals surface area contributed by atoms with Crippen LogP contribution in [0.1, 0.15) is 33.6 Å². The van der Waals surface area contributed by atoms with Gasteiger partial charge in [0.1, 0.15) is 0 Å². The molecule has 0 bridgehead atoms. The maximum atomic E-state index is 3.88. The van der Waals surface area contributed by atoms with Crippen LogP contribution in [0.3, 0.4) is 0 Å². The van der Waals surface area contributed by atoms with Crippen LogP contribution < -0.4 is 0 Å². The molecule has 0 spiro atoms. The summed E-state index contributed by atoms with van der Waals surface area (Å²) in [6.07, 6.45) is 4.47. The molecule has 0 nitrogen and oxygen atoms in total. The molecule has 52 valence electrons. The highest BCUT2D eigenvalue weighted by molar-refractivity contribution is 5.25. The average molecular weight is 124 g/mol. The summed E-state index contributed by atoms with van der Waals surface area (Å²) in [6, 6.07) is 0. The Morgan fingerprint density at radius 2 is 2.00 bits per heavy atom. The van der Waals surface area contributed by atoms with Gasteiger partial charge in [-0.2, -0.15) is 0 Å². The van der Waals surface area contributed by atoms with Crippen LogP contribution >= 0.6 is 0 Å². The van der Waals surface area contributed by atoms with Crippen molar-refractivity contribution in [3.05, 3.63) is 23.8 Å². The second kappa shape index (κ2) is 4.37. The summed E-state index contributed by atoms with van der Waals surface area (Å²) in [5.74, 6) is 0. The van der Waals surface area contributed by atoms with E-state index < -0.39 is 0 Å². The van der Waals surface area contributed by atoms with Crippen molar-refractivity contribution in [1.29, 1.82) is 0 Å². The molecule has 0 saturated heterocycles. The molecule has 0 aliphatic rings. The van der Waals surface area contributed by atoms with Crippen molar-refractivity contribution in [2.24, 2.45) is 0 Å². The van der Waals surface area contributed by atoms with Gasteiger partial charge in [-0.1, -0.05) is 32.1 Å². The van der Waals surface area contributed by atoms with Gasteiger partial charge in [0.25, 0.3) is 0 Å². The fourth-order valence-corrected chi connectivity index (χ4v) is 0.867. The molecule has 0 heteroatoms. The minimum absolute atomic E-state index is 1.11. The fourth-order valence-electron chi connectivity index (χ4n) is 0.867. The minimum Gasteiger partial charge on any atom is -0.0958 e. The molecular weight excluding hydrogens is 108 g/mol. The molecule has 0 heterocycles. The normalized spacial score (nSPS) is 11.7. The second-order valence-corrected chi connectivity index (χ2v) is 2.27. The summed E-state index contributed by atoms with van der Waals surface area (Å²) in [7, 11) is 0. The van der Waals surface area contributed by atoms with Gasteiger partial charge in [0.05, 0.1) is 0 Å². The molecule has 0 fully saturated rings.